The summed E-state index contributed by atoms with van der Waals surface area (Å²) in [6.07, 6.45) is 10.2. The van der Waals surface area contributed by atoms with Crippen LogP contribution in [-0.4, -0.2) is 213 Å². The number of hydrogen-bond donors (Lipinski definition) is 4. The summed E-state index contributed by atoms with van der Waals surface area (Å²) in [6, 6.07) is 39.9. The van der Waals surface area contributed by atoms with Gasteiger partial charge in [-0.05, 0) is 232 Å². The number of aromatic amines is 2. The van der Waals surface area contributed by atoms with E-state index in [4.69, 9.17) is 52.0 Å². The Morgan fingerprint density at radius 2 is 0.805 bits per heavy atom. The van der Waals surface area contributed by atoms with Crippen LogP contribution in [0.25, 0.3) is 66.3 Å². The normalized spacial score (nSPS) is 20.8. The molecule has 0 spiro atoms. The van der Waals surface area contributed by atoms with Crippen molar-refractivity contribution in [1.82, 2.24) is 50.2 Å². The number of fused-ring (bicyclic) bond motifs is 2. The van der Waals surface area contributed by atoms with E-state index in [1.807, 2.05) is 177 Å². The number of nitrogens with zero attached hydrogens (tertiary/aromatic N) is 8. The molecule has 680 valence electrons. The molecule has 10 heterocycles. The number of ether oxygens (including phenoxy) is 6. The Labute approximate surface area is 767 Å². The van der Waals surface area contributed by atoms with E-state index >= 15 is 0 Å². The first-order chi connectivity index (χ1) is 60.5. The highest BCUT2D eigenvalue weighted by atomic mass is 79.9. The molecule has 6 atom stereocenters. The topological polar surface area (TPSA) is 314 Å². The Morgan fingerprint density at radius 3 is 1.19 bits per heavy atom. The molecule has 6 amide bonds. The second-order valence-electron chi connectivity index (χ2n) is 38.1. The van der Waals surface area contributed by atoms with Gasteiger partial charge in [-0.1, -0.05) is 138 Å². The number of benzene rings is 6. The van der Waals surface area contributed by atoms with Crippen molar-refractivity contribution in [2.75, 3.05) is 54.0 Å². The van der Waals surface area contributed by atoms with Gasteiger partial charge in [-0.25, -0.2) is 29.1 Å². The summed E-state index contributed by atoms with van der Waals surface area (Å²) in [5.74, 6) is 1.10. The summed E-state index contributed by atoms with van der Waals surface area (Å²) in [4.78, 5) is 108. The number of aromatic nitrogens is 4. The van der Waals surface area contributed by atoms with Gasteiger partial charge in [0.15, 0.2) is 0 Å². The number of carbonyl (C=O) groups is 6. The van der Waals surface area contributed by atoms with E-state index in [1.54, 1.807) is 9.80 Å². The maximum absolute atomic E-state index is 13.6. The molecular formula is C96H120B2Br2N12O16. The maximum atomic E-state index is 13.6. The standard InChI is InChI=1S/C42H48N6O6.C24H27BrN4O3.C18H21BrN2O3.C12H24B2O4/c1-25(2)37(46-40(50)52-6)39(49)47-17-7-8-35(47)38-44-22-34(45-38)31-16-15-29-18-28(13-14-30(29)19-31)26-9-11-27(12-10-26)32-20-33(43-21-32)36-23-53-24-48(36)41(51)54-42(3,4)5;1-14(2)21(28-24(31)32-3)23(30)29-10-4-5-20(29)22-26-13-19(27-22)17-7-6-16-12-18(25)9-8-15(16)11-17;1-18(2,3)24-17(22)21-11-23-10-16(21)15-8-13(9-20-15)12-4-6-14(19)7-5-12;1-9(2)10(3,4)16-13(15-9)14-17-11(5,6)12(7,8)18-14/h9-16,18-19,21-22,25,35-37H,7-8,17,20,23-24H2,1-6H3,(H,44,45)(H,46,50);6-9,11-14,20-21H,4-5,10H2,1-3H3,(H,26,27)(H,28,31);4-7,9,16H,8,10-11H2,1-3H3;1-8H3/t35-,36-,37-;20-,21-;16-;/m000./s1. The van der Waals surface area contributed by atoms with Crippen molar-refractivity contribution in [3.8, 4) is 33.6 Å². The SMILES string of the molecule is CC(C)(C)OC(=O)N1COC[C@H]1C1=NC=C(c2ccc(Br)cc2)C1.CC1(C)OB(B2OC(C)(C)C(C)(C)O2)OC1(C)C.COC(=O)N[C@H](C(=O)N1CCC[C@H]1c1ncc(-c2ccc3cc(-c4ccc(C5=CN=C([C@@H]6COCN6C(=O)OC(C)(C)C)C5)cc4)ccc3c2)[nH]1)C(C)C.COC(=O)N[C@H](C(=O)N1CCC[C@H]1c1ncc(-c2ccc3cc(Br)ccc3c2)[nH]1)C(C)C. The van der Waals surface area contributed by atoms with Gasteiger partial charge < -0.3 is 77.4 Å². The number of carbonyl (C=O) groups excluding carboxylic acids is 6. The Kier molecular flexibility index (Phi) is 29.4. The molecule has 0 bridgehead atoms. The number of H-pyrrole nitrogens is 2. The lowest BCUT2D eigenvalue weighted by atomic mass is 9.49. The second-order valence-corrected chi connectivity index (χ2v) is 39.9. The summed E-state index contributed by atoms with van der Waals surface area (Å²) in [5.41, 5.74) is 9.84. The van der Waals surface area contributed by atoms with Crippen molar-refractivity contribution < 1.29 is 75.8 Å². The van der Waals surface area contributed by atoms with Crippen LogP contribution in [0.15, 0.2) is 165 Å². The molecule has 6 aromatic carbocycles. The molecule has 2 aromatic heterocycles. The lowest BCUT2D eigenvalue weighted by molar-refractivity contribution is -0.136. The van der Waals surface area contributed by atoms with Crippen LogP contribution in [0.1, 0.15) is 198 Å². The van der Waals surface area contributed by atoms with Crippen LogP contribution in [-0.2, 0) is 56.6 Å². The lowest BCUT2D eigenvalue weighted by Crippen LogP contribution is -2.51. The third kappa shape index (κ3) is 22.3. The van der Waals surface area contributed by atoms with Crippen molar-refractivity contribution in [3.05, 3.63) is 178 Å². The number of hydrogen-bond acceptors (Lipinski definition) is 20. The molecular weight excluding hydrogens is 1760 g/mol. The van der Waals surface area contributed by atoms with Gasteiger partial charge in [-0.3, -0.25) is 29.4 Å². The molecule has 28 nitrogen and oxygen atoms in total. The number of allylic oxidation sites excluding steroid dienone is 2. The minimum atomic E-state index is -0.680. The summed E-state index contributed by atoms with van der Waals surface area (Å²) >= 11 is 6.96. The van der Waals surface area contributed by atoms with E-state index < -0.39 is 49.5 Å². The van der Waals surface area contributed by atoms with Gasteiger partial charge in [-0.2, -0.15) is 0 Å². The van der Waals surface area contributed by atoms with Crippen LogP contribution < -0.4 is 10.6 Å². The summed E-state index contributed by atoms with van der Waals surface area (Å²) in [5, 5.41) is 9.92. The molecule has 4 N–H and O–H groups in total. The molecule has 6 saturated heterocycles. The summed E-state index contributed by atoms with van der Waals surface area (Å²) in [6.45, 7) is 37.5. The Bertz CT molecular complexity index is 5460. The average molecular weight is 1880 g/mol. The third-order valence-corrected chi connectivity index (χ3v) is 25.8. The second kappa shape index (κ2) is 39.3. The number of amides is 6. The van der Waals surface area contributed by atoms with Gasteiger partial charge in [-0.15, -0.1) is 0 Å². The number of alkyl carbamates (subject to hydrolysis) is 2. The molecule has 8 aliphatic rings. The molecule has 0 unspecified atom stereocenters. The highest BCUT2D eigenvalue weighted by molar-refractivity contribution is 9.10. The van der Waals surface area contributed by atoms with Crippen LogP contribution in [0.4, 0.5) is 19.2 Å². The number of nitrogens with one attached hydrogen (secondary N) is 4. The van der Waals surface area contributed by atoms with E-state index in [-0.39, 0.29) is 95.9 Å². The quantitative estimate of drug-likeness (QED) is 0.0516. The molecule has 128 heavy (non-hydrogen) atoms. The molecule has 16 rings (SSSR count). The Hall–Kier alpha value is -10.1. The van der Waals surface area contributed by atoms with Crippen molar-refractivity contribution in [1.29, 1.82) is 0 Å². The molecule has 0 radical (unpaired) electrons. The van der Waals surface area contributed by atoms with Gasteiger partial charge in [0.25, 0.3) is 0 Å². The Morgan fingerprint density at radius 1 is 0.461 bits per heavy atom. The van der Waals surface area contributed by atoms with Crippen LogP contribution in [0.2, 0.25) is 0 Å². The first-order valence-electron chi connectivity index (χ1n) is 43.8. The number of imidazole rings is 2. The maximum Gasteiger partial charge on any atom is 0.488 e. The fourth-order valence-corrected chi connectivity index (χ4v) is 16.9. The fraction of sp³-hybridized carbons (Fsp3) is 0.479. The van der Waals surface area contributed by atoms with E-state index in [0.717, 1.165) is 142 Å². The smallest absolute Gasteiger partial charge is 0.453 e. The van der Waals surface area contributed by atoms with Gasteiger partial charge in [0.1, 0.15) is 48.4 Å². The van der Waals surface area contributed by atoms with Crippen LogP contribution in [0, 0.1) is 11.8 Å². The first kappa shape index (κ1) is 95.5. The molecule has 0 aliphatic carbocycles. The summed E-state index contributed by atoms with van der Waals surface area (Å²) < 4.78 is 57.6. The molecule has 8 aliphatic heterocycles. The minimum Gasteiger partial charge on any atom is -0.453 e. The predicted molar refractivity (Wildman–Crippen MR) is 504 cm³/mol. The number of likely N-dealkylation sites (tertiary alicyclic amines) is 2. The highest BCUT2D eigenvalue weighted by Crippen LogP contribution is 2.45. The van der Waals surface area contributed by atoms with Crippen molar-refractivity contribution in [2.45, 2.75) is 233 Å². The predicted octanol–water partition coefficient (Wildman–Crippen LogP) is 19.2. The minimum absolute atomic E-state index is 0.0624. The zero-order valence-corrected chi connectivity index (χ0v) is 80.2. The molecule has 0 saturated carbocycles. The van der Waals surface area contributed by atoms with Crippen molar-refractivity contribution >= 4 is 126 Å². The van der Waals surface area contributed by atoms with Gasteiger partial charge in [0.2, 0.25) is 11.8 Å². The zero-order valence-electron chi connectivity index (χ0n) is 77.0. The van der Waals surface area contributed by atoms with Gasteiger partial charge >= 0.3 is 38.4 Å². The zero-order chi connectivity index (χ0) is 92.3. The number of aliphatic imine (C=N–C) groups is 2. The van der Waals surface area contributed by atoms with E-state index in [2.05, 4.69) is 171 Å². The van der Waals surface area contributed by atoms with E-state index in [1.165, 1.54) is 14.2 Å². The van der Waals surface area contributed by atoms with Crippen LogP contribution in [0.3, 0.4) is 0 Å². The number of halogens is 2. The molecule has 8 aromatic rings. The summed E-state index contributed by atoms with van der Waals surface area (Å²) in [7, 11) is 1.64. The first-order valence-corrected chi connectivity index (χ1v) is 45.4. The van der Waals surface area contributed by atoms with Gasteiger partial charge in [0.05, 0.1) is 97.8 Å². The van der Waals surface area contributed by atoms with Gasteiger partial charge in [0, 0.05) is 69.8 Å². The lowest BCUT2D eigenvalue weighted by Gasteiger charge is -2.32. The van der Waals surface area contributed by atoms with Crippen LogP contribution in [0.5, 0.6) is 0 Å². The molecule has 32 heteroatoms. The fourth-order valence-electron chi connectivity index (χ4n) is 16.3. The Balaban J connectivity index is 0.000000160. The average Bonchev–Trinajstić information content (AvgIpc) is 1.59. The van der Waals surface area contributed by atoms with E-state index in [0.29, 0.717) is 32.7 Å². The van der Waals surface area contributed by atoms with Crippen molar-refractivity contribution in [2.24, 2.45) is 21.8 Å². The number of rotatable bonds is 16. The van der Waals surface area contributed by atoms with E-state index in [9.17, 15) is 28.8 Å². The third-order valence-electron chi connectivity index (χ3n) is 24.8. The largest absolute Gasteiger partial charge is 0.488 e. The number of methoxy groups -OCH3 is 2. The molecule has 6 fully saturated rings. The highest BCUT2D eigenvalue weighted by Gasteiger charge is 2.64. The van der Waals surface area contributed by atoms with Crippen LogP contribution >= 0.6 is 31.9 Å². The van der Waals surface area contributed by atoms with Crippen molar-refractivity contribution in [3.63, 3.8) is 0 Å². The monoisotopic (exact) mass is 1880 g/mol.